The van der Waals surface area contributed by atoms with Gasteiger partial charge in [-0.05, 0) is 30.8 Å². The van der Waals surface area contributed by atoms with Crippen LogP contribution in [0.4, 0.5) is 5.69 Å². The van der Waals surface area contributed by atoms with E-state index in [1.165, 1.54) is 17.0 Å². The highest BCUT2D eigenvalue weighted by molar-refractivity contribution is 7.13. The van der Waals surface area contributed by atoms with E-state index < -0.39 is 0 Å². The predicted octanol–water partition coefficient (Wildman–Crippen LogP) is 2.82. The van der Waals surface area contributed by atoms with Gasteiger partial charge in [-0.25, -0.2) is 4.98 Å². The van der Waals surface area contributed by atoms with Crippen molar-refractivity contribution in [1.82, 2.24) is 20.2 Å². The number of benzene rings is 1. The fraction of sp³-hybridized carbons (Fsp3) is 0.318. The summed E-state index contributed by atoms with van der Waals surface area (Å²) in [6, 6.07) is 14.1. The minimum atomic E-state index is -0.0175. The smallest absolute Gasteiger partial charge is 0.226 e. The molecule has 1 fully saturated rings. The average molecular weight is 408 g/mol. The number of rotatable bonds is 6. The number of thiazole rings is 1. The van der Waals surface area contributed by atoms with Crippen LogP contribution in [0.5, 0.6) is 0 Å². The second-order valence-electron chi connectivity index (χ2n) is 7.23. The maximum Gasteiger partial charge on any atom is 0.226 e. The van der Waals surface area contributed by atoms with Gasteiger partial charge in [-0.3, -0.25) is 9.78 Å². The minimum Gasteiger partial charge on any atom is -0.369 e. The van der Waals surface area contributed by atoms with E-state index in [9.17, 15) is 4.79 Å². The largest absolute Gasteiger partial charge is 0.369 e. The molecule has 0 unspecified atom stereocenters. The molecule has 0 spiro atoms. The lowest BCUT2D eigenvalue weighted by Gasteiger charge is -2.35. The molecule has 150 valence electrons. The van der Waals surface area contributed by atoms with Crippen molar-refractivity contribution in [3.8, 4) is 10.7 Å². The first kappa shape index (κ1) is 19.5. The van der Waals surface area contributed by atoms with Gasteiger partial charge in [0, 0.05) is 50.0 Å². The fourth-order valence-electron chi connectivity index (χ4n) is 3.43. The van der Waals surface area contributed by atoms with Crippen molar-refractivity contribution in [3.63, 3.8) is 0 Å². The lowest BCUT2D eigenvalue weighted by molar-refractivity contribution is -0.120. The van der Waals surface area contributed by atoms with Gasteiger partial charge < -0.3 is 15.1 Å². The van der Waals surface area contributed by atoms with Crippen LogP contribution in [0.15, 0.2) is 54.0 Å². The molecule has 4 rings (SSSR count). The minimum absolute atomic E-state index is 0.0175. The summed E-state index contributed by atoms with van der Waals surface area (Å²) in [7, 11) is 2.15. The number of nitrogens with zero attached hydrogens (tertiary/aromatic N) is 4. The Morgan fingerprint density at radius 1 is 1.10 bits per heavy atom. The number of pyridine rings is 1. The van der Waals surface area contributed by atoms with Crippen molar-refractivity contribution in [2.45, 2.75) is 13.0 Å². The maximum absolute atomic E-state index is 12.5. The Morgan fingerprint density at radius 3 is 2.69 bits per heavy atom. The number of hydrogen-bond acceptors (Lipinski definition) is 6. The summed E-state index contributed by atoms with van der Waals surface area (Å²) in [5.41, 5.74) is 3.98. The molecule has 0 radical (unpaired) electrons. The van der Waals surface area contributed by atoms with E-state index in [1.54, 1.807) is 6.20 Å². The molecule has 6 nitrogen and oxygen atoms in total. The van der Waals surface area contributed by atoms with Crippen molar-refractivity contribution < 1.29 is 4.79 Å². The highest BCUT2D eigenvalue weighted by Gasteiger charge is 2.17. The van der Waals surface area contributed by atoms with Gasteiger partial charge in [0.25, 0.3) is 0 Å². The molecule has 1 N–H and O–H groups in total. The SMILES string of the molecule is CN1CCN(c2ccccc2CNC(=O)Cc2csc(-c3ccccn3)n2)CC1. The Labute approximate surface area is 175 Å². The quantitative estimate of drug-likeness (QED) is 0.681. The van der Waals surface area contributed by atoms with E-state index >= 15 is 0 Å². The number of likely N-dealkylation sites (N-methyl/N-ethyl adjacent to an activating group) is 1. The number of carbonyl (C=O) groups excluding carboxylic acids is 1. The molecule has 1 amide bonds. The van der Waals surface area contributed by atoms with E-state index in [2.05, 4.69) is 50.3 Å². The van der Waals surface area contributed by atoms with Crippen LogP contribution in [0.1, 0.15) is 11.3 Å². The number of anilines is 1. The molecule has 7 heteroatoms. The maximum atomic E-state index is 12.5. The summed E-state index contributed by atoms with van der Waals surface area (Å²) in [6.45, 7) is 4.66. The van der Waals surface area contributed by atoms with E-state index in [4.69, 9.17) is 0 Å². The van der Waals surface area contributed by atoms with Crippen LogP contribution in [0.2, 0.25) is 0 Å². The Kier molecular flexibility index (Phi) is 6.17. The first-order valence-corrected chi connectivity index (χ1v) is 10.7. The number of nitrogens with one attached hydrogen (secondary N) is 1. The van der Waals surface area contributed by atoms with Gasteiger partial charge in [0.05, 0.1) is 17.8 Å². The molecule has 0 bridgehead atoms. The highest BCUT2D eigenvalue weighted by atomic mass is 32.1. The van der Waals surface area contributed by atoms with Crippen molar-refractivity contribution in [1.29, 1.82) is 0 Å². The lowest BCUT2D eigenvalue weighted by atomic mass is 10.1. The van der Waals surface area contributed by atoms with E-state index in [-0.39, 0.29) is 12.3 Å². The molecule has 1 saturated heterocycles. The Bertz CT molecular complexity index is 951. The summed E-state index contributed by atoms with van der Waals surface area (Å²) in [5.74, 6) is -0.0175. The zero-order chi connectivity index (χ0) is 20.1. The molecular weight excluding hydrogens is 382 g/mol. The second kappa shape index (κ2) is 9.15. The van der Waals surface area contributed by atoms with Gasteiger partial charge in [0.1, 0.15) is 5.01 Å². The Balaban J connectivity index is 1.35. The van der Waals surface area contributed by atoms with Gasteiger partial charge in [-0.2, -0.15) is 0 Å². The third-order valence-electron chi connectivity index (χ3n) is 5.09. The van der Waals surface area contributed by atoms with Crippen LogP contribution < -0.4 is 10.2 Å². The van der Waals surface area contributed by atoms with Crippen molar-refractivity contribution >= 4 is 22.9 Å². The molecule has 0 aliphatic carbocycles. The summed E-state index contributed by atoms with van der Waals surface area (Å²) in [4.78, 5) is 26.1. The first-order valence-electron chi connectivity index (χ1n) is 9.83. The number of carbonyl (C=O) groups is 1. The van der Waals surface area contributed by atoms with Gasteiger partial charge >= 0.3 is 0 Å². The molecule has 2 aromatic heterocycles. The summed E-state index contributed by atoms with van der Waals surface area (Å²) in [6.07, 6.45) is 2.03. The number of piperazine rings is 1. The Morgan fingerprint density at radius 2 is 1.90 bits per heavy atom. The van der Waals surface area contributed by atoms with Crippen LogP contribution >= 0.6 is 11.3 Å². The van der Waals surface area contributed by atoms with Crippen LogP contribution in [0, 0.1) is 0 Å². The molecule has 0 atom stereocenters. The third kappa shape index (κ3) is 4.99. The van der Waals surface area contributed by atoms with Crippen molar-refractivity contribution in [2.75, 3.05) is 38.1 Å². The Hall–Kier alpha value is -2.77. The van der Waals surface area contributed by atoms with Gasteiger partial charge in [-0.15, -0.1) is 11.3 Å². The molecule has 3 heterocycles. The van der Waals surface area contributed by atoms with E-state index in [0.717, 1.165) is 48.1 Å². The monoisotopic (exact) mass is 407 g/mol. The topological polar surface area (TPSA) is 61.4 Å². The first-order chi connectivity index (χ1) is 14.2. The summed E-state index contributed by atoms with van der Waals surface area (Å²) < 4.78 is 0. The highest BCUT2D eigenvalue weighted by Crippen LogP contribution is 2.23. The van der Waals surface area contributed by atoms with Crippen LogP contribution in [0.25, 0.3) is 10.7 Å². The molecule has 0 saturated carbocycles. The standard InChI is InChI=1S/C22H25N5OS/c1-26-10-12-27(13-11-26)20-8-3-2-6-17(20)15-24-21(28)14-18-16-29-22(25-18)19-7-4-5-9-23-19/h2-9,16H,10-15H2,1H3,(H,24,28). The van der Waals surface area contributed by atoms with Gasteiger partial charge in [-0.1, -0.05) is 24.3 Å². The average Bonchev–Trinajstić information content (AvgIpc) is 3.22. The van der Waals surface area contributed by atoms with Crippen molar-refractivity contribution in [3.05, 3.63) is 65.3 Å². The van der Waals surface area contributed by atoms with Crippen LogP contribution in [-0.4, -0.2) is 54.0 Å². The van der Waals surface area contributed by atoms with E-state index in [0.29, 0.717) is 6.54 Å². The molecule has 3 aromatic rings. The number of para-hydroxylation sites is 1. The fourth-order valence-corrected chi connectivity index (χ4v) is 4.23. The van der Waals surface area contributed by atoms with Crippen LogP contribution in [0.3, 0.4) is 0 Å². The third-order valence-corrected chi connectivity index (χ3v) is 6.00. The number of amides is 1. The molecule has 1 aliphatic rings. The predicted molar refractivity (Wildman–Crippen MR) is 117 cm³/mol. The summed E-state index contributed by atoms with van der Waals surface area (Å²) >= 11 is 1.52. The van der Waals surface area contributed by atoms with Crippen LogP contribution in [-0.2, 0) is 17.8 Å². The zero-order valence-corrected chi connectivity index (χ0v) is 17.4. The lowest BCUT2D eigenvalue weighted by Crippen LogP contribution is -2.45. The number of hydrogen-bond donors (Lipinski definition) is 1. The normalized spacial score (nSPS) is 14.7. The van der Waals surface area contributed by atoms with Gasteiger partial charge in [0.15, 0.2) is 0 Å². The zero-order valence-electron chi connectivity index (χ0n) is 16.5. The molecule has 1 aliphatic heterocycles. The molecule has 1 aromatic carbocycles. The second-order valence-corrected chi connectivity index (χ2v) is 8.09. The number of aromatic nitrogens is 2. The molecule has 29 heavy (non-hydrogen) atoms. The molecular formula is C22H25N5OS. The van der Waals surface area contributed by atoms with Crippen molar-refractivity contribution in [2.24, 2.45) is 0 Å². The van der Waals surface area contributed by atoms with E-state index in [1.807, 2.05) is 29.6 Å². The van der Waals surface area contributed by atoms with Gasteiger partial charge in [0.2, 0.25) is 5.91 Å². The summed E-state index contributed by atoms with van der Waals surface area (Å²) in [5, 5.41) is 5.83.